The van der Waals surface area contributed by atoms with Crippen LogP contribution in [0.5, 0.6) is 0 Å². The number of amides is 2. The first-order chi connectivity index (χ1) is 11.1. The average molecular weight is 316 g/mol. The molecule has 2 saturated heterocycles. The maximum absolute atomic E-state index is 12.3. The van der Waals surface area contributed by atoms with Gasteiger partial charge < -0.3 is 4.74 Å². The Labute approximate surface area is 130 Å². The Hall–Kier alpha value is -2.58. The lowest BCUT2D eigenvalue weighted by molar-refractivity contribution is -0.384. The van der Waals surface area contributed by atoms with E-state index in [1.807, 2.05) is 0 Å². The number of hydrogen-bond acceptors (Lipinski definition) is 6. The lowest BCUT2D eigenvalue weighted by Crippen LogP contribution is -2.34. The van der Waals surface area contributed by atoms with Gasteiger partial charge in [0.25, 0.3) is 17.5 Å². The normalized spacial score (nSPS) is 31.0. The lowest BCUT2D eigenvalue weighted by Gasteiger charge is -2.16. The molecule has 1 aromatic rings. The van der Waals surface area contributed by atoms with Gasteiger partial charge in [-0.2, -0.15) is 5.06 Å². The number of benzene rings is 1. The molecule has 0 unspecified atom stereocenters. The van der Waals surface area contributed by atoms with Gasteiger partial charge in [-0.1, -0.05) is 12.2 Å². The molecule has 3 heterocycles. The number of carbonyl (C=O) groups is 2. The summed E-state index contributed by atoms with van der Waals surface area (Å²) in [4.78, 5) is 40.1. The van der Waals surface area contributed by atoms with Gasteiger partial charge >= 0.3 is 0 Å². The van der Waals surface area contributed by atoms with Crippen molar-refractivity contribution in [2.45, 2.75) is 18.8 Å². The molecule has 3 aliphatic heterocycles. The highest BCUT2D eigenvalue weighted by atomic mass is 16.7. The second-order valence-corrected chi connectivity index (χ2v) is 5.67. The zero-order chi connectivity index (χ0) is 16.1. The number of nitro groups is 1. The molecule has 2 amide bonds. The second kappa shape index (κ2) is 4.97. The van der Waals surface area contributed by atoms with Crippen LogP contribution in [0.15, 0.2) is 36.4 Å². The molecule has 118 valence electrons. The first-order valence-electron chi connectivity index (χ1n) is 7.14. The Bertz CT molecular complexity index is 698. The molecule has 0 spiro atoms. The van der Waals surface area contributed by atoms with Crippen LogP contribution in [0.25, 0.3) is 0 Å². The third-order valence-electron chi connectivity index (χ3n) is 4.38. The molecule has 2 bridgehead atoms. The molecule has 0 saturated carbocycles. The van der Waals surface area contributed by atoms with Crippen molar-refractivity contribution in [1.29, 1.82) is 0 Å². The van der Waals surface area contributed by atoms with Crippen LogP contribution in [-0.2, 0) is 25.8 Å². The molecule has 8 nitrogen and oxygen atoms in total. The summed E-state index contributed by atoms with van der Waals surface area (Å²) in [7, 11) is 0. The van der Waals surface area contributed by atoms with Crippen LogP contribution in [0.3, 0.4) is 0 Å². The summed E-state index contributed by atoms with van der Waals surface area (Å²) in [5, 5.41) is 11.4. The van der Waals surface area contributed by atoms with E-state index in [0.29, 0.717) is 5.56 Å². The number of nitro benzene ring substituents is 1. The Balaban J connectivity index is 1.45. The fourth-order valence-corrected chi connectivity index (χ4v) is 3.26. The molecule has 8 heteroatoms. The zero-order valence-electron chi connectivity index (χ0n) is 11.8. The Morgan fingerprint density at radius 2 is 1.65 bits per heavy atom. The molecule has 4 atom stereocenters. The SMILES string of the molecule is O=C1[C@H]2[C@H](C(=O)N1OCc1ccc([N+](=O)[O-])cc1)[C@H]1C=C[C@H]2O1. The fourth-order valence-electron chi connectivity index (χ4n) is 3.26. The zero-order valence-corrected chi connectivity index (χ0v) is 11.8. The van der Waals surface area contributed by atoms with Gasteiger partial charge in [0, 0.05) is 12.1 Å². The van der Waals surface area contributed by atoms with Crippen molar-refractivity contribution in [3.63, 3.8) is 0 Å². The first kappa shape index (κ1) is 14.0. The summed E-state index contributed by atoms with van der Waals surface area (Å²) in [6.07, 6.45) is 2.90. The summed E-state index contributed by atoms with van der Waals surface area (Å²) in [6, 6.07) is 5.74. The molecule has 4 rings (SSSR count). The molecule has 0 aromatic heterocycles. The first-order valence-corrected chi connectivity index (χ1v) is 7.14. The number of non-ortho nitro benzene ring substituents is 1. The summed E-state index contributed by atoms with van der Waals surface area (Å²) in [5.74, 6) is -1.79. The van der Waals surface area contributed by atoms with Crippen LogP contribution in [0, 0.1) is 22.0 Å². The van der Waals surface area contributed by atoms with Gasteiger partial charge in [-0.05, 0) is 17.7 Å². The van der Waals surface area contributed by atoms with E-state index < -0.39 is 28.6 Å². The number of rotatable bonds is 4. The Morgan fingerprint density at radius 1 is 1.09 bits per heavy atom. The summed E-state index contributed by atoms with van der Waals surface area (Å²) < 4.78 is 5.53. The molecular formula is C15H12N2O6. The summed E-state index contributed by atoms with van der Waals surface area (Å²) >= 11 is 0. The average Bonchev–Trinajstić information content (AvgIpc) is 3.21. The molecule has 0 aliphatic carbocycles. The number of carbonyl (C=O) groups excluding carboxylic acids is 2. The van der Waals surface area contributed by atoms with Crippen molar-refractivity contribution in [1.82, 2.24) is 5.06 Å². The lowest BCUT2D eigenvalue weighted by atomic mass is 9.85. The van der Waals surface area contributed by atoms with Gasteiger partial charge in [-0.25, -0.2) is 0 Å². The van der Waals surface area contributed by atoms with Crippen molar-refractivity contribution in [2.24, 2.45) is 11.8 Å². The maximum atomic E-state index is 12.3. The van der Waals surface area contributed by atoms with E-state index in [4.69, 9.17) is 9.57 Å². The molecular weight excluding hydrogens is 304 g/mol. The number of fused-ring (bicyclic) bond motifs is 5. The highest BCUT2D eigenvalue weighted by Crippen LogP contribution is 2.45. The number of imide groups is 1. The van der Waals surface area contributed by atoms with Crippen LogP contribution >= 0.6 is 0 Å². The van der Waals surface area contributed by atoms with Crippen LogP contribution in [0.2, 0.25) is 0 Å². The number of hydrogen-bond donors (Lipinski definition) is 0. The summed E-state index contributed by atoms with van der Waals surface area (Å²) in [6.45, 7) is -0.0153. The number of hydroxylamine groups is 2. The van der Waals surface area contributed by atoms with Gasteiger partial charge in [-0.15, -0.1) is 0 Å². The smallest absolute Gasteiger partial charge is 0.269 e. The van der Waals surface area contributed by atoms with Crippen molar-refractivity contribution in [3.05, 3.63) is 52.1 Å². The minimum Gasteiger partial charge on any atom is -0.365 e. The van der Waals surface area contributed by atoms with Crippen LogP contribution in [-0.4, -0.2) is 34.0 Å². The van der Waals surface area contributed by atoms with Crippen LogP contribution in [0.4, 0.5) is 5.69 Å². The maximum Gasteiger partial charge on any atom is 0.269 e. The van der Waals surface area contributed by atoms with Gasteiger partial charge in [0.05, 0.1) is 29.0 Å². The third-order valence-corrected chi connectivity index (χ3v) is 4.38. The predicted octanol–water partition coefficient (Wildman–Crippen LogP) is 0.965. The number of nitrogens with zero attached hydrogens (tertiary/aromatic N) is 2. The topological polar surface area (TPSA) is 99.0 Å². The van der Waals surface area contributed by atoms with E-state index in [9.17, 15) is 19.7 Å². The van der Waals surface area contributed by atoms with E-state index in [1.54, 1.807) is 12.2 Å². The number of ether oxygens (including phenoxy) is 1. The highest BCUT2D eigenvalue weighted by molar-refractivity contribution is 6.05. The van der Waals surface area contributed by atoms with Gasteiger partial charge in [0.1, 0.15) is 6.61 Å². The second-order valence-electron chi connectivity index (χ2n) is 5.67. The minimum absolute atomic E-state index is 0.0153. The summed E-state index contributed by atoms with van der Waals surface area (Å²) in [5.41, 5.74) is 0.599. The molecule has 0 radical (unpaired) electrons. The molecule has 0 N–H and O–H groups in total. The van der Waals surface area contributed by atoms with E-state index in [1.165, 1.54) is 24.3 Å². The third kappa shape index (κ3) is 2.07. The van der Waals surface area contributed by atoms with Gasteiger partial charge in [0.15, 0.2) is 0 Å². The molecule has 23 heavy (non-hydrogen) atoms. The van der Waals surface area contributed by atoms with Crippen molar-refractivity contribution in [3.8, 4) is 0 Å². The van der Waals surface area contributed by atoms with Crippen LogP contribution < -0.4 is 0 Å². The van der Waals surface area contributed by atoms with E-state index >= 15 is 0 Å². The molecule has 2 fully saturated rings. The quantitative estimate of drug-likeness (QED) is 0.355. The highest BCUT2D eigenvalue weighted by Gasteiger charge is 2.61. The Morgan fingerprint density at radius 3 is 2.17 bits per heavy atom. The monoisotopic (exact) mass is 316 g/mol. The van der Waals surface area contributed by atoms with Crippen LogP contribution in [0.1, 0.15) is 5.56 Å². The minimum atomic E-state index is -0.505. The Kier molecular flexibility index (Phi) is 3.03. The van der Waals surface area contributed by atoms with Crippen molar-refractivity contribution >= 4 is 17.5 Å². The largest absolute Gasteiger partial charge is 0.365 e. The van der Waals surface area contributed by atoms with E-state index in [0.717, 1.165) is 5.06 Å². The fraction of sp³-hybridized carbons (Fsp3) is 0.333. The van der Waals surface area contributed by atoms with E-state index in [2.05, 4.69) is 0 Å². The van der Waals surface area contributed by atoms with Gasteiger partial charge in [0.2, 0.25) is 0 Å². The van der Waals surface area contributed by atoms with Crippen molar-refractivity contribution in [2.75, 3.05) is 0 Å². The molecule has 3 aliphatic rings. The van der Waals surface area contributed by atoms with Crippen molar-refractivity contribution < 1.29 is 24.1 Å². The van der Waals surface area contributed by atoms with E-state index in [-0.39, 0.29) is 24.5 Å². The predicted molar refractivity (Wildman–Crippen MR) is 74.5 cm³/mol. The molecule has 1 aromatic carbocycles. The standard InChI is InChI=1S/C15H12N2O6/c18-14-12-10-5-6-11(23-10)13(12)15(19)16(14)22-7-8-1-3-9(4-2-8)17(20)21/h1-6,10-13H,7H2/t10-,11-,12-,13-/m1/s1. The van der Waals surface area contributed by atoms with Gasteiger partial charge in [-0.3, -0.25) is 24.5 Å².